The molecule has 0 aliphatic carbocycles. The molecule has 0 saturated heterocycles. The standard InChI is InChI=1S/C14H18N8/c1-3-10-6-13(22-14(18-10)15-8-16-22)17-11-4-5-12-20-19-9(2)21(12)7-11/h6,8,11,17H,3-5,7H2,1-2H3. The summed E-state index contributed by atoms with van der Waals surface area (Å²) >= 11 is 0. The molecule has 1 N–H and O–H groups in total. The van der Waals surface area contributed by atoms with Crippen LogP contribution in [0.3, 0.4) is 0 Å². The number of fused-ring (bicyclic) bond motifs is 2. The second-order valence-corrected chi connectivity index (χ2v) is 5.61. The van der Waals surface area contributed by atoms with E-state index < -0.39 is 0 Å². The topological polar surface area (TPSA) is 85.8 Å². The molecule has 8 nitrogen and oxygen atoms in total. The van der Waals surface area contributed by atoms with Crippen molar-refractivity contribution in [2.24, 2.45) is 0 Å². The van der Waals surface area contributed by atoms with Gasteiger partial charge in [-0.3, -0.25) is 0 Å². The highest BCUT2D eigenvalue weighted by molar-refractivity contribution is 5.45. The van der Waals surface area contributed by atoms with Gasteiger partial charge in [0, 0.05) is 30.8 Å². The molecule has 0 bridgehead atoms. The number of anilines is 1. The number of nitrogens with zero attached hydrogens (tertiary/aromatic N) is 7. The monoisotopic (exact) mass is 298 g/mol. The van der Waals surface area contributed by atoms with Gasteiger partial charge in [0.15, 0.2) is 0 Å². The first-order chi connectivity index (χ1) is 10.7. The fraction of sp³-hybridized carbons (Fsp3) is 0.500. The average molecular weight is 298 g/mol. The van der Waals surface area contributed by atoms with Crippen LogP contribution in [-0.4, -0.2) is 40.4 Å². The molecule has 1 unspecified atom stereocenters. The fourth-order valence-corrected chi connectivity index (χ4v) is 2.93. The van der Waals surface area contributed by atoms with E-state index >= 15 is 0 Å². The smallest absolute Gasteiger partial charge is 0.254 e. The Bertz CT molecular complexity index is 817. The van der Waals surface area contributed by atoms with Crippen LogP contribution in [0.2, 0.25) is 0 Å². The molecule has 1 aliphatic heterocycles. The zero-order chi connectivity index (χ0) is 15.1. The van der Waals surface area contributed by atoms with E-state index in [-0.39, 0.29) is 0 Å². The first kappa shape index (κ1) is 13.2. The Morgan fingerprint density at radius 3 is 3.14 bits per heavy atom. The lowest BCUT2D eigenvalue weighted by molar-refractivity contribution is 0.468. The van der Waals surface area contributed by atoms with E-state index in [1.165, 1.54) is 6.33 Å². The highest BCUT2D eigenvalue weighted by Gasteiger charge is 2.22. The molecular formula is C14H18N8. The van der Waals surface area contributed by atoms with Gasteiger partial charge in [0.25, 0.3) is 5.78 Å². The van der Waals surface area contributed by atoms with Gasteiger partial charge in [-0.25, -0.2) is 4.98 Å². The molecule has 4 rings (SSSR count). The molecule has 0 spiro atoms. The van der Waals surface area contributed by atoms with Gasteiger partial charge in [0.1, 0.15) is 23.8 Å². The Hall–Kier alpha value is -2.51. The summed E-state index contributed by atoms with van der Waals surface area (Å²) in [6.07, 6.45) is 4.37. The molecule has 3 aromatic heterocycles. The quantitative estimate of drug-likeness (QED) is 0.777. The highest BCUT2D eigenvalue weighted by Crippen LogP contribution is 2.19. The van der Waals surface area contributed by atoms with Crippen molar-refractivity contribution in [2.45, 2.75) is 45.7 Å². The average Bonchev–Trinajstić information content (AvgIpc) is 3.14. The first-order valence-electron chi connectivity index (χ1n) is 7.59. The van der Waals surface area contributed by atoms with E-state index in [2.05, 4.69) is 48.1 Å². The van der Waals surface area contributed by atoms with Gasteiger partial charge in [-0.2, -0.15) is 14.6 Å². The van der Waals surface area contributed by atoms with Crippen molar-refractivity contribution in [3.63, 3.8) is 0 Å². The van der Waals surface area contributed by atoms with Gasteiger partial charge in [-0.15, -0.1) is 10.2 Å². The summed E-state index contributed by atoms with van der Waals surface area (Å²) in [6.45, 7) is 4.96. The molecule has 0 amide bonds. The maximum atomic E-state index is 4.47. The maximum Gasteiger partial charge on any atom is 0.254 e. The van der Waals surface area contributed by atoms with Gasteiger partial charge in [-0.05, 0) is 19.8 Å². The van der Waals surface area contributed by atoms with E-state index in [4.69, 9.17) is 0 Å². The third kappa shape index (κ3) is 2.11. The van der Waals surface area contributed by atoms with E-state index in [9.17, 15) is 0 Å². The molecular weight excluding hydrogens is 280 g/mol. The van der Waals surface area contributed by atoms with Crippen LogP contribution in [0, 0.1) is 6.92 Å². The highest BCUT2D eigenvalue weighted by atomic mass is 15.4. The Morgan fingerprint density at radius 2 is 2.27 bits per heavy atom. The van der Waals surface area contributed by atoms with Crippen molar-refractivity contribution in [1.82, 2.24) is 34.3 Å². The Labute approximate surface area is 127 Å². The molecule has 0 radical (unpaired) electrons. The van der Waals surface area contributed by atoms with Gasteiger partial charge < -0.3 is 9.88 Å². The summed E-state index contributed by atoms with van der Waals surface area (Å²) in [7, 11) is 0. The van der Waals surface area contributed by atoms with Crippen LogP contribution in [0.4, 0.5) is 5.82 Å². The SMILES string of the molecule is CCc1cc(NC2CCc3nnc(C)n3C2)n2ncnc2n1. The van der Waals surface area contributed by atoms with E-state index in [1.54, 1.807) is 4.52 Å². The van der Waals surface area contributed by atoms with Gasteiger partial charge >= 0.3 is 0 Å². The third-order valence-corrected chi connectivity index (χ3v) is 4.15. The maximum absolute atomic E-state index is 4.47. The van der Waals surface area contributed by atoms with Crippen LogP contribution in [0.15, 0.2) is 12.4 Å². The molecule has 1 aliphatic rings. The number of aromatic nitrogens is 7. The normalized spacial score (nSPS) is 17.6. The predicted molar refractivity (Wildman–Crippen MR) is 80.7 cm³/mol. The van der Waals surface area contributed by atoms with Crippen molar-refractivity contribution >= 4 is 11.6 Å². The van der Waals surface area contributed by atoms with E-state index in [0.717, 1.165) is 49.0 Å². The van der Waals surface area contributed by atoms with Crippen LogP contribution in [0.1, 0.15) is 30.7 Å². The third-order valence-electron chi connectivity index (χ3n) is 4.15. The summed E-state index contributed by atoms with van der Waals surface area (Å²) in [6, 6.07) is 2.37. The Kier molecular flexibility index (Phi) is 3.02. The lowest BCUT2D eigenvalue weighted by Gasteiger charge is -2.25. The van der Waals surface area contributed by atoms with Crippen LogP contribution in [0.5, 0.6) is 0 Å². The second-order valence-electron chi connectivity index (χ2n) is 5.61. The summed E-state index contributed by atoms with van der Waals surface area (Å²) in [5.74, 6) is 3.62. The minimum atomic E-state index is 0.321. The summed E-state index contributed by atoms with van der Waals surface area (Å²) in [4.78, 5) is 8.67. The first-order valence-corrected chi connectivity index (χ1v) is 7.59. The molecule has 0 fully saturated rings. The van der Waals surface area contributed by atoms with Crippen molar-refractivity contribution < 1.29 is 0 Å². The molecule has 3 aromatic rings. The van der Waals surface area contributed by atoms with Crippen molar-refractivity contribution in [2.75, 3.05) is 5.32 Å². The van der Waals surface area contributed by atoms with Gasteiger partial charge in [0.2, 0.25) is 0 Å². The van der Waals surface area contributed by atoms with Crippen LogP contribution < -0.4 is 5.32 Å². The van der Waals surface area contributed by atoms with Gasteiger partial charge in [-0.1, -0.05) is 6.92 Å². The number of hydrogen-bond donors (Lipinski definition) is 1. The summed E-state index contributed by atoms with van der Waals surface area (Å²) in [5, 5.41) is 16.2. The van der Waals surface area contributed by atoms with Crippen LogP contribution in [0.25, 0.3) is 5.78 Å². The number of rotatable bonds is 3. The minimum absolute atomic E-state index is 0.321. The van der Waals surface area contributed by atoms with Crippen LogP contribution in [-0.2, 0) is 19.4 Å². The molecule has 0 saturated carbocycles. The summed E-state index contributed by atoms with van der Waals surface area (Å²) in [5.41, 5.74) is 1.01. The lowest BCUT2D eigenvalue weighted by atomic mass is 10.1. The molecule has 0 aromatic carbocycles. The molecule has 4 heterocycles. The minimum Gasteiger partial charge on any atom is -0.365 e. The lowest BCUT2D eigenvalue weighted by Crippen LogP contribution is -2.32. The van der Waals surface area contributed by atoms with Crippen molar-refractivity contribution in [3.8, 4) is 0 Å². The molecule has 22 heavy (non-hydrogen) atoms. The number of hydrogen-bond acceptors (Lipinski definition) is 6. The van der Waals surface area contributed by atoms with Crippen LogP contribution >= 0.6 is 0 Å². The van der Waals surface area contributed by atoms with E-state index in [0.29, 0.717) is 11.8 Å². The molecule has 114 valence electrons. The zero-order valence-corrected chi connectivity index (χ0v) is 12.7. The fourth-order valence-electron chi connectivity index (χ4n) is 2.93. The van der Waals surface area contributed by atoms with Crippen molar-refractivity contribution in [1.29, 1.82) is 0 Å². The largest absolute Gasteiger partial charge is 0.365 e. The van der Waals surface area contributed by atoms with Gasteiger partial charge in [0.05, 0.1) is 0 Å². The summed E-state index contributed by atoms with van der Waals surface area (Å²) < 4.78 is 3.94. The molecule has 1 atom stereocenters. The van der Waals surface area contributed by atoms with Crippen molar-refractivity contribution in [3.05, 3.63) is 29.7 Å². The molecule has 8 heteroatoms. The predicted octanol–water partition coefficient (Wildman–Crippen LogP) is 1.01. The number of nitrogens with one attached hydrogen (secondary N) is 1. The van der Waals surface area contributed by atoms with E-state index in [1.807, 2.05) is 6.92 Å². The Balaban J connectivity index is 1.64. The Morgan fingerprint density at radius 1 is 1.36 bits per heavy atom. The second kappa shape index (κ2) is 5.04. The zero-order valence-electron chi connectivity index (χ0n) is 12.7. The number of aryl methyl sites for hydroxylation is 3.